The van der Waals surface area contributed by atoms with Crippen molar-refractivity contribution in [3.63, 3.8) is 0 Å². The number of hydrogen-bond acceptors (Lipinski definition) is 5. The number of aliphatic carboxylic acids is 1. The number of carboxylic acids is 1. The number of aromatic nitrogens is 1. The number of carboxylic acid groups (broad SMARTS) is 1. The molecule has 0 amide bonds. The second-order valence-electron chi connectivity index (χ2n) is 9.28. The van der Waals surface area contributed by atoms with E-state index in [9.17, 15) is 14.3 Å². The molecule has 36 heavy (non-hydrogen) atoms. The molecule has 1 aliphatic rings. The lowest BCUT2D eigenvalue weighted by Gasteiger charge is -2.36. The van der Waals surface area contributed by atoms with Crippen LogP contribution in [0.4, 0.5) is 8.78 Å². The Morgan fingerprint density at radius 1 is 1.25 bits per heavy atom. The minimum Gasteiger partial charge on any atom is -0.497 e. The zero-order valence-corrected chi connectivity index (χ0v) is 21.2. The summed E-state index contributed by atoms with van der Waals surface area (Å²) in [5, 5.41) is 10.6. The molecule has 2 heterocycles. The number of nitrogens with zero attached hydrogens (tertiary/aromatic N) is 2. The first kappa shape index (κ1) is 26.4. The van der Waals surface area contributed by atoms with Crippen molar-refractivity contribution in [2.45, 2.75) is 36.8 Å². The van der Waals surface area contributed by atoms with Crippen LogP contribution in [0.25, 0.3) is 10.9 Å². The predicted octanol–water partition coefficient (Wildman–Crippen LogP) is 6.38. The number of methoxy groups -OCH3 is 1. The molecule has 5 nitrogen and oxygen atoms in total. The molecule has 8 heteroatoms. The summed E-state index contributed by atoms with van der Waals surface area (Å²) >= 11 is 1.67. The van der Waals surface area contributed by atoms with E-state index in [-0.39, 0.29) is 18.2 Å². The van der Waals surface area contributed by atoms with E-state index < -0.39 is 18.1 Å². The number of fused-ring (bicyclic) bond motifs is 1. The molecule has 3 atom stereocenters. The molecule has 1 N–H and O–H groups in total. The Morgan fingerprint density at radius 2 is 2.06 bits per heavy atom. The number of rotatable bonds is 11. The third kappa shape index (κ3) is 6.73. The standard InChI is InChI=1S/C28H32F2N2O3S/c1-35-21-6-10-27-24(17-21)23(11-13-31-27)26(30)9-3-19-12-15-32(18-25(19)28(33)34)14-2-16-36-22-7-4-20(29)5-8-22/h4-8,10-11,13,17,19,25-26H,2-3,9,12,14-16,18H2,1H3,(H,33,34)/t19-,25+,26-/m1/s1. The highest BCUT2D eigenvalue weighted by Gasteiger charge is 2.34. The third-order valence-electron chi connectivity index (χ3n) is 6.97. The quantitative estimate of drug-likeness (QED) is 0.237. The van der Waals surface area contributed by atoms with Crippen LogP contribution in [0.2, 0.25) is 0 Å². The minimum absolute atomic E-state index is 0.0479. The van der Waals surface area contributed by atoms with Gasteiger partial charge in [-0.2, -0.15) is 0 Å². The van der Waals surface area contributed by atoms with Crippen LogP contribution in [-0.4, -0.2) is 53.5 Å². The fourth-order valence-electron chi connectivity index (χ4n) is 4.97. The molecule has 0 spiro atoms. The maximum Gasteiger partial charge on any atom is 0.308 e. The van der Waals surface area contributed by atoms with Gasteiger partial charge in [-0.25, -0.2) is 8.78 Å². The molecule has 0 aliphatic carbocycles. The Kier molecular flexibility index (Phi) is 9.15. The van der Waals surface area contributed by atoms with Gasteiger partial charge in [0.25, 0.3) is 0 Å². The number of halogens is 2. The van der Waals surface area contributed by atoms with Crippen molar-refractivity contribution >= 4 is 28.6 Å². The van der Waals surface area contributed by atoms with Crippen LogP contribution in [0.1, 0.15) is 37.4 Å². The first-order valence-corrected chi connectivity index (χ1v) is 13.3. The number of hydrogen-bond donors (Lipinski definition) is 1. The first-order chi connectivity index (χ1) is 17.4. The van der Waals surface area contributed by atoms with Gasteiger partial charge in [0.2, 0.25) is 0 Å². The van der Waals surface area contributed by atoms with Gasteiger partial charge in [-0.15, -0.1) is 11.8 Å². The van der Waals surface area contributed by atoms with Crippen LogP contribution in [0, 0.1) is 17.7 Å². The van der Waals surface area contributed by atoms with E-state index >= 15 is 4.39 Å². The van der Waals surface area contributed by atoms with Crippen LogP contribution in [0.15, 0.2) is 59.6 Å². The first-order valence-electron chi connectivity index (χ1n) is 12.3. The van der Waals surface area contributed by atoms with Crippen LogP contribution in [0.5, 0.6) is 5.75 Å². The highest BCUT2D eigenvalue weighted by molar-refractivity contribution is 7.99. The molecule has 0 radical (unpaired) electrons. The number of pyridine rings is 1. The summed E-state index contributed by atoms with van der Waals surface area (Å²) in [6.07, 6.45) is 2.89. The van der Waals surface area contributed by atoms with Gasteiger partial charge in [0, 0.05) is 23.0 Å². The largest absolute Gasteiger partial charge is 0.497 e. The topological polar surface area (TPSA) is 62.7 Å². The molecule has 0 saturated carbocycles. The van der Waals surface area contributed by atoms with Crippen molar-refractivity contribution in [2.75, 3.05) is 32.5 Å². The average Bonchev–Trinajstić information content (AvgIpc) is 2.90. The van der Waals surface area contributed by atoms with Gasteiger partial charge in [-0.3, -0.25) is 9.78 Å². The summed E-state index contributed by atoms with van der Waals surface area (Å²) in [5.41, 5.74) is 1.28. The van der Waals surface area contributed by atoms with Crippen LogP contribution >= 0.6 is 11.8 Å². The molecule has 1 aliphatic heterocycles. The van der Waals surface area contributed by atoms with Gasteiger partial charge in [-0.05, 0) is 105 Å². The number of piperidine rings is 1. The van der Waals surface area contributed by atoms with E-state index in [1.807, 2.05) is 6.07 Å². The molecule has 3 aromatic rings. The van der Waals surface area contributed by atoms with E-state index in [1.54, 1.807) is 55.4 Å². The van der Waals surface area contributed by atoms with Crippen LogP contribution in [0.3, 0.4) is 0 Å². The fourth-order valence-corrected chi connectivity index (χ4v) is 5.81. The van der Waals surface area contributed by atoms with Gasteiger partial charge in [-0.1, -0.05) is 0 Å². The summed E-state index contributed by atoms with van der Waals surface area (Å²) in [6, 6.07) is 13.6. The number of likely N-dealkylation sites (tertiary alicyclic amines) is 1. The van der Waals surface area contributed by atoms with Gasteiger partial charge in [0.1, 0.15) is 17.7 Å². The zero-order chi connectivity index (χ0) is 25.5. The van der Waals surface area contributed by atoms with E-state index in [4.69, 9.17) is 4.74 Å². The Balaban J connectivity index is 1.29. The second-order valence-corrected chi connectivity index (χ2v) is 10.4. The summed E-state index contributed by atoms with van der Waals surface area (Å²) in [6.45, 7) is 2.14. The van der Waals surface area contributed by atoms with E-state index in [1.165, 1.54) is 12.1 Å². The van der Waals surface area contributed by atoms with Gasteiger partial charge >= 0.3 is 5.97 Å². The van der Waals surface area contributed by atoms with Crippen LogP contribution in [-0.2, 0) is 4.79 Å². The summed E-state index contributed by atoms with van der Waals surface area (Å²) in [5.74, 6) is -0.0517. The monoisotopic (exact) mass is 514 g/mol. The number of alkyl halides is 1. The van der Waals surface area contributed by atoms with Gasteiger partial charge in [0.15, 0.2) is 0 Å². The molecule has 4 rings (SSSR count). The highest BCUT2D eigenvalue weighted by atomic mass is 32.2. The number of benzene rings is 2. The van der Waals surface area contributed by atoms with Gasteiger partial charge in [0.05, 0.1) is 18.5 Å². The lowest BCUT2D eigenvalue weighted by Crippen LogP contribution is -2.44. The Labute approximate surface area is 214 Å². The summed E-state index contributed by atoms with van der Waals surface area (Å²) in [4.78, 5) is 19.6. The van der Waals surface area contributed by atoms with E-state index in [0.29, 0.717) is 29.8 Å². The molecular weight excluding hydrogens is 482 g/mol. The summed E-state index contributed by atoms with van der Waals surface area (Å²) in [7, 11) is 1.58. The lowest BCUT2D eigenvalue weighted by atomic mass is 9.81. The normalized spacial score (nSPS) is 19.3. The second kappa shape index (κ2) is 12.5. The SMILES string of the molecule is COc1ccc2nccc([C@H](F)CC[C@@H]3CCN(CCCSc4ccc(F)cc4)C[C@@H]3C(=O)O)c2c1. The van der Waals surface area contributed by atoms with E-state index in [0.717, 1.165) is 42.0 Å². The fraction of sp³-hybridized carbons (Fsp3) is 0.429. The maximum absolute atomic E-state index is 15.4. The Hall–Kier alpha value is -2.71. The van der Waals surface area contributed by atoms with E-state index in [2.05, 4.69) is 9.88 Å². The smallest absolute Gasteiger partial charge is 0.308 e. The summed E-state index contributed by atoms with van der Waals surface area (Å²) < 4.78 is 33.7. The maximum atomic E-state index is 15.4. The molecule has 192 valence electrons. The van der Waals surface area contributed by atoms with Crippen molar-refractivity contribution in [3.8, 4) is 5.75 Å². The van der Waals surface area contributed by atoms with Crippen molar-refractivity contribution in [3.05, 3.63) is 66.1 Å². The number of carbonyl (C=O) groups is 1. The van der Waals surface area contributed by atoms with Crippen LogP contribution < -0.4 is 4.74 Å². The average molecular weight is 515 g/mol. The zero-order valence-electron chi connectivity index (χ0n) is 20.4. The molecule has 0 bridgehead atoms. The number of ether oxygens (including phenoxy) is 1. The molecule has 2 aromatic carbocycles. The highest BCUT2D eigenvalue weighted by Crippen LogP contribution is 2.35. The molecular formula is C28H32F2N2O3S. The predicted molar refractivity (Wildman–Crippen MR) is 139 cm³/mol. The lowest BCUT2D eigenvalue weighted by molar-refractivity contribution is -0.146. The van der Waals surface area contributed by atoms with Crippen molar-refractivity contribution in [2.24, 2.45) is 11.8 Å². The van der Waals surface area contributed by atoms with Crippen molar-refractivity contribution in [1.29, 1.82) is 0 Å². The number of thioether (sulfide) groups is 1. The molecule has 0 unspecified atom stereocenters. The molecule has 1 aromatic heterocycles. The van der Waals surface area contributed by atoms with Gasteiger partial charge < -0.3 is 14.7 Å². The van der Waals surface area contributed by atoms with Crippen molar-refractivity contribution < 1.29 is 23.4 Å². The van der Waals surface area contributed by atoms with Crippen molar-refractivity contribution in [1.82, 2.24) is 9.88 Å². The Morgan fingerprint density at radius 3 is 2.81 bits per heavy atom. The molecule has 1 saturated heterocycles. The Bertz CT molecular complexity index is 1160. The third-order valence-corrected chi connectivity index (χ3v) is 8.07. The molecule has 1 fully saturated rings. The minimum atomic E-state index is -1.20.